The van der Waals surface area contributed by atoms with Gasteiger partial charge in [-0.25, -0.2) is 8.42 Å². The van der Waals surface area contributed by atoms with Crippen molar-refractivity contribution in [2.75, 3.05) is 25.2 Å². The monoisotopic (exact) mass is 315 g/mol. The number of hydrogen-bond donors (Lipinski definition) is 1. The van der Waals surface area contributed by atoms with Crippen molar-refractivity contribution in [1.29, 1.82) is 0 Å². The van der Waals surface area contributed by atoms with Crippen LogP contribution in [-0.2, 0) is 16.4 Å². The predicted molar refractivity (Wildman–Crippen MR) is 84.8 cm³/mol. The lowest BCUT2D eigenvalue weighted by atomic mass is 10.1. The highest BCUT2D eigenvalue weighted by Gasteiger charge is 2.13. The minimum Gasteiger partial charge on any atom is -0.493 e. The van der Waals surface area contributed by atoms with Gasteiger partial charge in [-0.15, -0.1) is 0 Å². The Morgan fingerprint density at radius 3 is 2.57 bits per heavy atom. The van der Waals surface area contributed by atoms with Gasteiger partial charge in [0.2, 0.25) is 0 Å². The third kappa shape index (κ3) is 5.93. The summed E-state index contributed by atoms with van der Waals surface area (Å²) in [6.45, 7) is 6.54. The number of benzene rings is 1. The quantitative estimate of drug-likeness (QED) is 0.755. The summed E-state index contributed by atoms with van der Waals surface area (Å²) in [4.78, 5) is 0. The maximum atomic E-state index is 11.5. The van der Waals surface area contributed by atoms with Crippen molar-refractivity contribution >= 4 is 9.84 Å². The first-order valence-corrected chi connectivity index (χ1v) is 8.94. The van der Waals surface area contributed by atoms with E-state index in [1.54, 1.807) is 14.0 Å². The van der Waals surface area contributed by atoms with Crippen LogP contribution in [0.15, 0.2) is 18.2 Å². The maximum Gasteiger partial charge on any atom is 0.165 e. The van der Waals surface area contributed by atoms with Crippen LogP contribution in [0.25, 0.3) is 0 Å². The van der Waals surface area contributed by atoms with Gasteiger partial charge in [0.05, 0.1) is 12.9 Å². The third-order valence-corrected chi connectivity index (χ3v) is 4.73. The van der Waals surface area contributed by atoms with Crippen molar-refractivity contribution in [1.82, 2.24) is 5.32 Å². The molecule has 0 atom stereocenters. The number of ether oxygens (including phenoxy) is 2. The first kappa shape index (κ1) is 17.8. The molecule has 0 saturated heterocycles. The van der Waals surface area contributed by atoms with Crippen LogP contribution in [0.4, 0.5) is 0 Å². The standard InChI is InChI=1S/C15H25NO4S/c1-5-21(17,18)10-9-20-15-13(11-16-12(2)3)7-6-8-14(15)19-4/h6-8,12,16H,5,9-11H2,1-4H3. The maximum absolute atomic E-state index is 11.5. The zero-order valence-electron chi connectivity index (χ0n) is 13.2. The number of methoxy groups -OCH3 is 1. The van der Waals surface area contributed by atoms with E-state index >= 15 is 0 Å². The van der Waals surface area contributed by atoms with Gasteiger partial charge in [-0.05, 0) is 6.07 Å². The lowest BCUT2D eigenvalue weighted by Crippen LogP contribution is -2.22. The van der Waals surface area contributed by atoms with Gasteiger partial charge in [0.15, 0.2) is 21.3 Å². The summed E-state index contributed by atoms with van der Waals surface area (Å²) in [6.07, 6.45) is 0. The van der Waals surface area contributed by atoms with E-state index in [0.717, 1.165) is 5.56 Å². The summed E-state index contributed by atoms with van der Waals surface area (Å²) in [6, 6.07) is 6.00. The molecule has 0 saturated carbocycles. The Labute approximate surface area is 127 Å². The van der Waals surface area contributed by atoms with E-state index in [1.807, 2.05) is 18.2 Å². The van der Waals surface area contributed by atoms with Crippen LogP contribution in [0, 0.1) is 0 Å². The smallest absolute Gasteiger partial charge is 0.165 e. The van der Waals surface area contributed by atoms with E-state index in [2.05, 4.69) is 19.2 Å². The molecule has 0 spiro atoms. The fraction of sp³-hybridized carbons (Fsp3) is 0.600. The van der Waals surface area contributed by atoms with Crippen molar-refractivity contribution in [3.8, 4) is 11.5 Å². The zero-order chi connectivity index (χ0) is 15.9. The summed E-state index contributed by atoms with van der Waals surface area (Å²) in [5.41, 5.74) is 0.956. The van der Waals surface area contributed by atoms with E-state index < -0.39 is 9.84 Å². The van der Waals surface area contributed by atoms with Crippen molar-refractivity contribution < 1.29 is 17.9 Å². The Morgan fingerprint density at radius 1 is 1.29 bits per heavy atom. The molecular weight excluding hydrogens is 290 g/mol. The van der Waals surface area contributed by atoms with Crippen LogP contribution in [0.3, 0.4) is 0 Å². The third-order valence-electron chi connectivity index (χ3n) is 3.06. The summed E-state index contributed by atoms with van der Waals surface area (Å²) in [5, 5.41) is 3.32. The second-order valence-corrected chi connectivity index (χ2v) is 7.54. The number of para-hydroxylation sites is 1. The molecule has 120 valence electrons. The van der Waals surface area contributed by atoms with Gasteiger partial charge in [0.1, 0.15) is 6.61 Å². The van der Waals surface area contributed by atoms with Gasteiger partial charge in [-0.3, -0.25) is 0 Å². The van der Waals surface area contributed by atoms with Gasteiger partial charge in [0.25, 0.3) is 0 Å². The molecule has 0 fully saturated rings. The molecule has 6 heteroatoms. The molecule has 0 aliphatic carbocycles. The molecule has 0 aromatic heterocycles. The number of nitrogens with one attached hydrogen (secondary N) is 1. The predicted octanol–water partition coefficient (Wildman–Crippen LogP) is 2.01. The van der Waals surface area contributed by atoms with Crippen LogP contribution in [0.5, 0.6) is 11.5 Å². The van der Waals surface area contributed by atoms with Gasteiger partial charge in [-0.1, -0.05) is 32.9 Å². The molecule has 0 amide bonds. The molecule has 0 aliphatic heterocycles. The number of sulfone groups is 1. The number of rotatable bonds is 9. The topological polar surface area (TPSA) is 64.6 Å². The average molecular weight is 315 g/mol. The molecular formula is C15H25NO4S. The van der Waals surface area contributed by atoms with Gasteiger partial charge in [0, 0.05) is 23.9 Å². The summed E-state index contributed by atoms with van der Waals surface area (Å²) < 4.78 is 34.0. The van der Waals surface area contributed by atoms with Crippen LogP contribution < -0.4 is 14.8 Å². The molecule has 0 radical (unpaired) electrons. The van der Waals surface area contributed by atoms with E-state index in [4.69, 9.17) is 9.47 Å². The van der Waals surface area contributed by atoms with Gasteiger partial charge < -0.3 is 14.8 Å². The molecule has 21 heavy (non-hydrogen) atoms. The highest BCUT2D eigenvalue weighted by molar-refractivity contribution is 7.91. The summed E-state index contributed by atoms with van der Waals surface area (Å²) in [7, 11) is -1.46. The Balaban J connectivity index is 2.82. The van der Waals surface area contributed by atoms with E-state index in [-0.39, 0.29) is 18.1 Å². The Bertz CT molecular complexity index is 541. The van der Waals surface area contributed by atoms with Crippen LogP contribution >= 0.6 is 0 Å². The molecule has 1 N–H and O–H groups in total. The van der Waals surface area contributed by atoms with Crippen LogP contribution in [0.1, 0.15) is 26.3 Å². The summed E-state index contributed by atoms with van der Waals surface area (Å²) in [5.74, 6) is 1.37. The van der Waals surface area contributed by atoms with E-state index in [0.29, 0.717) is 24.1 Å². The van der Waals surface area contributed by atoms with Crippen LogP contribution in [-0.4, -0.2) is 39.7 Å². The molecule has 1 rings (SSSR count). The van der Waals surface area contributed by atoms with E-state index in [9.17, 15) is 8.42 Å². The highest BCUT2D eigenvalue weighted by atomic mass is 32.2. The fourth-order valence-electron chi connectivity index (χ4n) is 1.75. The molecule has 1 aromatic rings. The molecule has 5 nitrogen and oxygen atoms in total. The largest absolute Gasteiger partial charge is 0.493 e. The lowest BCUT2D eigenvalue weighted by molar-refractivity contribution is 0.307. The van der Waals surface area contributed by atoms with Crippen LogP contribution in [0.2, 0.25) is 0 Å². The second kappa shape index (κ2) is 8.24. The minimum atomic E-state index is -3.03. The van der Waals surface area contributed by atoms with Gasteiger partial charge >= 0.3 is 0 Å². The average Bonchev–Trinajstić information content (AvgIpc) is 2.45. The molecule has 1 aromatic carbocycles. The Kier molecular flexibility index (Phi) is 6.98. The molecule has 0 heterocycles. The van der Waals surface area contributed by atoms with Crippen molar-refractivity contribution in [3.05, 3.63) is 23.8 Å². The second-order valence-electron chi connectivity index (χ2n) is 5.07. The lowest BCUT2D eigenvalue weighted by Gasteiger charge is -2.16. The normalized spacial score (nSPS) is 11.7. The van der Waals surface area contributed by atoms with Crippen molar-refractivity contribution in [2.24, 2.45) is 0 Å². The fourth-order valence-corrected chi connectivity index (χ4v) is 2.38. The molecule has 0 bridgehead atoms. The molecule has 0 unspecified atom stereocenters. The van der Waals surface area contributed by atoms with Crippen molar-refractivity contribution in [2.45, 2.75) is 33.4 Å². The first-order valence-electron chi connectivity index (χ1n) is 7.12. The summed E-state index contributed by atoms with van der Waals surface area (Å²) >= 11 is 0. The molecule has 0 aliphatic rings. The zero-order valence-corrected chi connectivity index (χ0v) is 14.0. The highest BCUT2D eigenvalue weighted by Crippen LogP contribution is 2.31. The van der Waals surface area contributed by atoms with Gasteiger partial charge in [-0.2, -0.15) is 0 Å². The first-order chi connectivity index (χ1) is 9.89. The Hall–Kier alpha value is -1.27. The van der Waals surface area contributed by atoms with E-state index in [1.165, 1.54) is 0 Å². The number of hydrogen-bond acceptors (Lipinski definition) is 5. The Morgan fingerprint density at radius 2 is 2.00 bits per heavy atom. The van der Waals surface area contributed by atoms with Crippen molar-refractivity contribution in [3.63, 3.8) is 0 Å². The SMILES string of the molecule is CCS(=O)(=O)CCOc1c(CNC(C)C)cccc1OC. The minimum absolute atomic E-state index is 0.0125.